The van der Waals surface area contributed by atoms with Gasteiger partial charge in [0.05, 0.1) is 24.0 Å². The Labute approximate surface area is 99.4 Å². The third kappa shape index (κ3) is 1.86. The molecule has 0 spiro atoms. The second-order valence-electron chi connectivity index (χ2n) is 4.52. The number of aliphatic hydroxyl groups is 2. The van der Waals surface area contributed by atoms with E-state index in [4.69, 9.17) is 9.84 Å². The average Bonchev–Trinajstić information content (AvgIpc) is 2.62. The molecule has 1 aromatic carbocycles. The van der Waals surface area contributed by atoms with Gasteiger partial charge in [0.25, 0.3) is 0 Å². The molecular weight excluding hydrogens is 220 g/mol. The highest BCUT2D eigenvalue weighted by molar-refractivity contribution is 5.70. The Kier molecular flexibility index (Phi) is 2.66. The molecule has 1 saturated heterocycles. The Hall–Kier alpha value is -1.30. The topological polar surface area (TPSA) is 73.8 Å². The standard InChI is InChI=1S/C12H16N2O3/c15-6-10(16)12-9-5-11(17-12)14-8-4-2-1-3-7(8)13-9/h1-4,9-16H,5-6H2/t9-,10+,11+,12-/m1/s1. The van der Waals surface area contributed by atoms with E-state index in [9.17, 15) is 5.11 Å². The number of fused-ring (bicyclic) bond motifs is 3. The predicted octanol–water partition coefficient (Wildman–Crippen LogP) is 0.361. The van der Waals surface area contributed by atoms with Crippen LogP contribution in [-0.2, 0) is 4.74 Å². The lowest BCUT2D eigenvalue weighted by Gasteiger charge is -2.26. The van der Waals surface area contributed by atoms with E-state index in [0.717, 1.165) is 17.8 Å². The SMILES string of the molecule is OC[C@H](O)[C@@H]1O[C@H]2C[C@H]1Nc1ccccc1N2. The van der Waals surface area contributed by atoms with E-state index in [1.807, 2.05) is 24.3 Å². The molecule has 1 fully saturated rings. The van der Waals surface area contributed by atoms with Crippen LogP contribution in [0.2, 0.25) is 0 Å². The molecule has 0 aliphatic carbocycles. The molecular formula is C12H16N2O3. The van der Waals surface area contributed by atoms with Gasteiger partial charge >= 0.3 is 0 Å². The van der Waals surface area contributed by atoms with Gasteiger partial charge in [0, 0.05) is 6.42 Å². The van der Waals surface area contributed by atoms with Crippen molar-refractivity contribution in [2.24, 2.45) is 0 Å². The van der Waals surface area contributed by atoms with Crippen LogP contribution in [0.3, 0.4) is 0 Å². The van der Waals surface area contributed by atoms with Crippen molar-refractivity contribution in [3.05, 3.63) is 24.3 Å². The smallest absolute Gasteiger partial charge is 0.130 e. The molecule has 1 aromatic rings. The number of nitrogens with one attached hydrogen (secondary N) is 2. The van der Waals surface area contributed by atoms with Crippen LogP contribution in [0.1, 0.15) is 6.42 Å². The third-order valence-corrected chi connectivity index (χ3v) is 3.34. The van der Waals surface area contributed by atoms with Gasteiger partial charge in [-0.3, -0.25) is 0 Å². The third-order valence-electron chi connectivity index (χ3n) is 3.34. The molecule has 5 heteroatoms. The molecule has 2 bridgehead atoms. The highest BCUT2D eigenvalue weighted by Gasteiger charge is 2.41. The zero-order chi connectivity index (χ0) is 11.8. The van der Waals surface area contributed by atoms with E-state index < -0.39 is 6.10 Å². The average molecular weight is 236 g/mol. The van der Waals surface area contributed by atoms with Crippen molar-refractivity contribution in [2.45, 2.75) is 30.9 Å². The van der Waals surface area contributed by atoms with Gasteiger partial charge in [0.2, 0.25) is 0 Å². The van der Waals surface area contributed by atoms with Crippen molar-refractivity contribution in [1.82, 2.24) is 0 Å². The van der Waals surface area contributed by atoms with E-state index >= 15 is 0 Å². The molecule has 17 heavy (non-hydrogen) atoms. The van der Waals surface area contributed by atoms with Crippen LogP contribution in [0.4, 0.5) is 11.4 Å². The molecule has 0 amide bonds. The number of rotatable bonds is 2. The predicted molar refractivity (Wildman–Crippen MR) is 63.8 cm³/mol. The summed E-state index contributed by atoms with van der Waals surface area (Å²) in [6.07, 6.45) is -0.547. The van der Waals surface area contributed by atoms with Gasteiger partial charge in [-0.2, -0.15) is 0 Å². The Morgan fingerprint density at radius 1 is 1.29 bits per heavy atom. The van der Waals surface area contributed by atoms with Crippen LogP contribution >= 0.6 is 0 Å². The minimum absolute atomic E-state index is 0.0262. The second kappa shape index (κ2) is 4.18. The fourth-order valence-electron chi connectivity index (χ4n) is 2.51. The molecule has 0 aromatic heterocycles. The zero-order valence-electron chi connectivity index (χ0n) is 9.34. The first kappa shape index (κ1) is 10.8. The Morgan fingerprint density at radius 2 is 2.00 bits per heavy atom. The highest BCUT2D eigenvalue weighted by atomic mass is 16.5. The zero-order valence-corrected chi connectivity index (χ0v) is 9.34. The minimum atomic E-state index is -0.843. The molecule has 0 saturated carbocycles. The molecule has 92 valence electrons. The van der Waals surface area contributed by atoms with Gasteiger partial charge in [0.1, 0.15) is 18.4 Å². The molecule has 0 unspecified atom stereocenters. The minimum Gasteiger partial charge on any atom is -0.394 e. The maximum Gasteiger partial charge on any atom is 0.130 e. The van der Waals surface area contributed by atoms with Gasteiger partial charge in [-0.05, 0) is 12.1 Å². The fraction of sp³-hybridized carbons (Fsp3) is 0.500. The lowest BCUT2D eigenvalue weighted by Crippen LogP contribution is -2.41. The van der Waals surface area contributed by atoms with Crippen molar-refractivity contribution < 1.29 is 14.9 Å². The van der Waals surface area contributed by atoms with Crippen LogP contribution in [0.25, 0.3) is 0 Å². The van der Waals surface area contributed by atoms with E-state index in [1.54, 1.807) is 0 Å². The number of aliphatic hydroxyl groups excluding tert-OH is 2. The summed E-state index contributed by atoms with van der Waals surface area (Å²) < 4.78 is 5.69. The van der Waals surface area contributed by atoms with E-state index in [1.165, 1.54) is 0 Å². The molecule has 2 heterocycles. The van der Waals surface area contributed by atoms with Gasteiger partial charge in [0.15, 0.2) is 0 Å². The number of para-hydroxylation sites is 2. The molecule has 4 N–H and O–H groups in total. The lowest BCUT2D eigenvalue weighted by atomic mass is 10.1. The van der Waals surface area contributed by atoms with Crippen molar-refractivity contribution in [1.29, 1.82) is 0 Å². The first-order valence-electron chi connectivity index (χ1n) is 5.84. The Bertz CT molecular complexity index is 412. The van der Waals surface area contributed by atoms with Crippen LogP contribution in [0.5, 0.6) is 0 Å². The summed E-state index contributed by atoms with van der Waals surface area (Å²) in [5.74, 6) is 0. The number of hydrogen-bond acceptors (Lipinski definition) is 5. The summed E-state index contributed by atoms with van der Waals surface area (Å²) in [5.41, 5.74) is 2.02. The largest absolute Gasteiger partial charge is 0.394 e. The summed E-state index contributed by atoms with van der Waals surface area (Å²) in [5, 5.41) is 25.3. The molecule has 3 rings (SSSR count). The van der Waals surface area contributed by atoms with Crippen LogP contribution in [-0.4, -0.2) is 41.3 Å². The fourth-order valence-corrected chi connectivity index (χ4v) is 2.51. The number of benzene rings is 1. The number of anilines is 2. The summed E-state index contributed by atoms with van der Waals surface area (Å²) in [7, 11) is 0. The summed E-state index contributed by atoms with van der Waals surface area (Å²) in [6.45, 7) is -0.281. The summed E-state index contributed by atoms with van der Waals surface area (Å²) in [6, 6.07) is 7.94. The van der Waals surface area contributed by atoms with E-state index in [0.29, 0.717) is 0 Å². The van der Waals surface area contributed by atoms with Crippen molar-refractivity contribution in [3.63, 3.8) is 0 Å². The van der Waals surface area contributed by atoms with Crippen molar-refractivity contribution in [2.75, 3.05) is 17.2 Å². The summed E-state index contributed by atoms with van der Waals surface area (Å²) in [4.78, 5) is 0. The molecule has 2 aliphatic rings. The number of ether oxygens (including phenoxy) is 1. The van der Waals surface area contributed by atoms with Gasteiger partial charge < -0.3 is 25.6 Å². The maximum absolute atomic E-state index is 9.70. The molecule has 4 atom stereocenters. The maximum atomic E-state index is 9.70. The Morgan fingerprint density at radius 3 is 2.71 bits per heavy atom. The second-order valence-corrected chi connectivity index (χ2v) is 4.52. The van der Waals surface area contributed by atoms with Gasteiger partial charge in [-0.15, -0.1) is 0 Å². The first-order chi connectivity index (χ1) is 8.28. The molecule has 5 nitrogen and oxygen atoms in total. The van der Waals surface area contributed by atoms with Crippen LogP contribution in [0.15, 0.2) is 24.3 Å². The first-order valence-corrected chi connectivity index (χ1v) is 5.84. The Balaban J connectivity index is 1.86. The van der Waals surface area contributed by atoms with E-state index in [-0.39, 0.29) is 25.0 Å². The molecule has 0 radical (unpaired) electrons. The quantitative estimate of drug-likeness (QED) is 0.596. The molecule has 2 aliphatic heterocycles. The number of hydrogen-bond donors (Lipinski definition) is 4. The van der Waals surface area contributed by atoms with Crippen LogP contribution < -0.4 is 10.6 Å². The van der Waals surface area contributed by atoms with Crippen molar-refractivity contribution in [3.8, 4) is 0 Å². The lowest BCUT2D eigenvalue weighted by molar-refractivity contribution is -0.0499. The summed E-state index contributed by atoms with van der Waals surface area (Å²) >= 11 is 0. The van der Waals surface area contributed by atoms with Gasteiger partial charge in [-0.25, -0.2) is 0 Å². The van der Waals surface area contributed by atoms with Gasteiger partial charge in [-0.1, -0.05) is 12.1 Å². The van der Waals surface area contributed by atoms with E-state index in [2.05, 4.69) is 10.6 Å². The van der Waals surface area contributed by atoms with Crippen molar-refractivity contribution >= 4 is 11.4 Å². The monoisotopic (exact) mass is 236 g/mol. The highest BCUT2D eigenvalue weighted by Crippen LogP contribution is 2.34. The van der Waals surface area contributed by atoms with Crippen LogP contribution in [0, 0.1) is 0 Å². The normalized spacial score (nSPS) is 32.0.